The van der Waals surface area contributed by atoms with Crippen LogP contribution in [0.25, 0.3) is 10.9 Å². The molecule has 0 atom stereocenters. The van der Waals surface area contributed by atoms with Crippen molar-refractivity contribution in [1.29, 1.82) is 0 Å². The number of methoxy groups -OCH3 is 1. The minimum Gasteiger partial charge on any atom is -0.497 e. The van der Waals surface area contributed by atoms with Crippen molar-refractivity contribution in [3.8, 4) is 5.75 Å². The molecular formula is C27H33N3O4S. The zero-order valence-electron chi connectivity index (χ0n) is 20.2. The summed E-state index contributed by atoms with van der Waals surface area (Å²) in [5, 5.41) is 1.17. The van der Waals surface area contributed by atoms with E-state index in [1.165, 1.54) is 10.9 Å². The molecular weight excluding hydrogens is 462 g/mol. The van der Waals surface area contributed by atoms with Gasteiger partial charge in [0.15, 0.2) is 0 Å². The standard InChI is InChI=1S/C27H33N3O4S/c1-34-22-9-10-26-24(18-22)25(19-28-26)20-11-15-29(16-12-20)27(31)21-7-6-8-23(17-21)35(32,33)30-13-4-2-3-5-14-30/h6-10,17-20,28H,2-5,11-16H2,1H3. The summed E-state index contributed by atoms with van der Waals surface area (Å²) < 4.78 is 33.4. The maximum Gasteiger partial charge on any atom is 0.253 e. The molecule has 2 aliphatic heterocycles. The van der Waals surface area contributed by atoms with Crippen LogP contribution in [0.4, 0.5) is 0 Å². The number of amides is 1. The lowest BCUT2D eigenvalue weighted by Gasteiger charge is -2.32. The number of nitrogens with zero attached hydrogens (tertiary/aromatic N) is 2. The van der Waals surface area contributed by atoms with Gasteiger partial charge < -0.3 is 14.6 Å². The molecule has 0 unspecified atom stereocenters. The van der Waals surface area contributed by atoms with Gasteiger partial charge in [0.05, 0.1) is 12.0 Å². The molecule has 186 valence electrons. The molecule has 8 heteroatoms. The Morgan fingerprint density at radius 1 is 0.971 bits per heavy atom. The number of aromatic amines is 1. The van der Waals surface area contributed by atoms with E-state index in [4.69, 9.17) is 4.74 Å². The van der Waals surface area contributed by atoms with Crippen LogP contribution in [-0.2, 0) is 10.0 Å². The molecule has 0 aliphatic carbocycles. The number of hydrogen-bond donors (Lipinski definition) is 1. The van der Waals surface area contributed by atoms with Crippen molar-refractivity contribution < 1.29 is 17.9 Å². The summed E-state index contributed by atoms with van der Waals surface area (Å²) in [5.74, 6) is 1.09. The first-order chi connectivity index (χ1) is 17.0. The highest BCUT2D eigenvalue weighted by atomic mass is 32.2. The Morgan fingerprint density at radius 2 is 1.71 bits per heavy atom. The van der Waals surface area contributed by atoms with Gasteiger partial charge in [-0.15, -0.1) is 0 Å². The van der Waals surface area contributed by atoms with Crippen molar-refractivity contribution in [3.05, 3.63) is 59.8 Å². The predicted molar refractivity (Wildman–Crippen MR) is 136 cm³/mol. The fourth-order valence-corrected chi connectivity index (χ4v) is 6.95. The molecule has 0 bridgehead atoms. The molecule has 2 saturated heterocycles. The molecule has 7 nitrogen and oxygen atoms in total. The number of nitrogens with one attached hydrogen (secondary N) is 1. The average Bonchev–Trinajstić information content (AvgIpc) is 3.11. The molecule has 2 aromatic carbocycles. The van der Waals surface area contributed by atoms with Crippen molar-refractivity contribution in [2.24, 2.45) is 0 Å². The van der Waals surface area contributed by atoms with E-state index in [0.717, 1.165) is 49.8 Å². The average molecular weight is 496 g/mol. The minimum absolute atomic E-state index is 0.100. The van der Waals surface area contributed by atoms with Crippen LogP contribution in [0.5, 0.6) is 5.75 Å². The second kappa shape index (κ2) is 10.0. The number of H-pyrrole nitrogens is 1. The van der Waals surface area contributed by atoms with Gasteiger partial charge in [-0.25, -0.2) is 8.42 Å². The Balaban J connectivity index is 1.28. The fraction of sp³-hybridized carbons (Fsp3) is 0.444. The van der Waals surface area contributed by atoms with Crippen LogP contribution in [0.15, 0.2) is 53.6 Å². The van der Waals surface area contributed by atoms with E-state index in [9.17, 15) is 13.2 Å². The molecule has 0 saturated carbocycles. The van der Waals surface area contributed by atoms with E-state index < -0.39 is 10.0 Å². The zero-order chi connectivity index (χ0) is 24.4. The number of ether oxygens (including phenoxy) is 1. The maximum atomic E-state index is 13.3. The first-order valence-corrected chi connectivity index (χ1v) is 14.0. The molecule has 2 aliphatic rings. The number of hydrogen-bond acceptors (Lipinski definition) is 4. The number of likely N-dealkylation sites (tertiary alicyclic amines) is 1. The van der Waals surface area contributed by atoms with Crippen LogP contribution < -0.4 is 4.74 Å². The Hall–Kier alpha value is -2.84. The highest BCUT2D eigenvalue weighted by Crippen LogP contribution is 2.35. The van der Waals surface area contributed by atoms with Gasteiger partial charge in [-0.1, -0.05) is 18.9 Å². The number of carbonyl (C=O) groups is 1. The van der Waals surface area contributed by atoms with Gasteiger partial charge >= 0.3 is 0 Å². The Morgan fingerprint density at radius 3 is 2.43 bits per heavy atom. The van der Waals surface area contributed by atoms with Gasteiger partial charge in [0, 0.05) is 48.8 Å². The number of aromatic nitrogens is 1. The van der Waals surface area contributed by atoms with Gasteiger partial charge in [-0.3, -0.25) is 4.79 Å². The summed E-state index contributed by atoms with van der Waals surface area (Å²) in [6.45, 7) is 2.38. The second-order valence-electron chi connectivity index (χ2n) is 9.57. The van der Waals surface area contributed by atoms with Crippen molar-refractivity contribution in [2.45, 2.75) is 49.3 Å². The van der Waals surface area contributed by atoms with Crippen LogP contribution in [0.1, 0.15) is 60.4 Å². The van der Waals surface area contributed by atoms with Crippen molar-refractivity contribution >= 4 is 26.8 Å². The molecule has 3 heterocycles. The number of fused-ring (bicyclic) bond motifs is 1. The SMILES string of the molecule is COc1ccc2[nH]cc(C3CCN(C(=O)c4cccc(S(=O)(=O)N5CCCCCC5)c4)CC3)c2c1. The highest BCUT2D eigenvalue weighted by Gasteiger charge is 2.29. The minimum atomic E-state index is -3.59. The monoisotopic (exact) mass is 495 g/mol. The number of piperidine rings is 1. The quantitative estimate of drug-likeness (QED) is 0.553. The maximum absolute atomic E-state index is 13.3. The first-order valence-electron chi connectivity index (χ1n) is 12.5. The Kier molecular flexibility index (Phi) is 6.84. The van der Waals surface area contributed by atoms with Crippen LogP contribution in [0, 0.1) is 0 Å². The van der Waals surface area contributed by atoms with E-state index in [2.05, 4.69) is 17.2 Å². The first kappa shape index (κ1) is 23.9. The normalized spacial score (nSPS) is 18.5. The van der Waals surface area contributed by atoms with Gasteiger partial charge in [0.25, 0.3) is 5.91 Å². The lowest BCUT2D eigenvalue weighted by atomic mass is 9.89. The summed E-state index contributed by atoms with van der Waals surface area (Å²) in [4.78, 5) is 18.7. The highest BCUT2D eigenvalue weighted by molar-refractivity contribution is 7.89. The van der Waals surface area contributed by atoms with E-state index in [-0.39, 0.29) is 10.8 Å². The van der Waals surface area contributed by atoms with Crippen LogP contribution in [-0.4, -0.2) is 61.8 Å². The van der Waals surface area contributed by atoms with Crippen LogP contribution >= 0.6 is 0 Å². The molecule has 2 fully saturated rings. The van der Waals surface area contributed by atoms with E-state index in [0.29, 0.717) is 37.7 Å². The van der Waals surface area contributed by atoms with Crippen LogP contribution in [0.2, 0.25) is 0 Å². The number of carbonyl (C=O) groups excluding carboxylic acids is 1. The molecule has 1 amide bonds. The van der Waals surface area contributed by atoms with E-state index >= 15 is 0 Å². The van der Waals surface area contributed by atoms with Gasteiger partial charge in [-0.2, -0.15) is 4.31 Å². The summed E-state index contributed by atoms with van der Waals surface area (Å²) in [5.41, 5.74) is 2.79. The molecule has 35 heavy (non-hydrogen) atoms. The number of sulfonamides is 1. The fourth-order valence-electron chi connectivity index (χ4n) is 5.38. The molecule has 0 radical (unpaired) electrons. The van der Waals surface area contributed by atoms with Crippen molar-refractivity contribution in [3.63, 3.8) is 0 Å². The Labute approximate surface area is 207 Å². The topological polar surface area (TPSA) is 82.7 Å². The summed E-state index contributed by atoms with van der Waals surface area (Å²) in [6.07, 6.45) is 7.69. The molecule has 1 N–H and O–H groups in total. The molecule has 1 aromatic heterocycles. The van der Waals surface area contributed by atoms with E-state index in [1.807, 2.05) is 17.0 Å². The third-order valence-corrected chi connectivity index (χ3v) is 9.32. The molecule has 0 spiro atoms. The van der Waals surface area contributed by atoms with Gasteiger partial charge in [0.1, 0.15) is 5.75 Å². The largest absolute Gasteiger partial charge is 0.497 e. The third-order valence-electron chi connectivity index (χ3n) is 7.43. The third kappa shape index (κ3) is 4.82. The summed E-state index contributed by atoms with van der Waals surface area (Å²) >= 11 is 0. The lowest BCUT2D eigenvalue weighted by molar-refractivity contribution is 0.0713. The number of rotatable bonds is 5. The zero-order valence-corrected chi connectivity index (χ0v) is 21.0. The summed E-state index contributed by atoms with van der Waals surface area (Å²) in [7, 11) is -1.92. The van der Waals surface area contributed by atoms with Crippen molar-refractivity contribution in [1.82, 2.24) is 14.2 Å². The molecule has 5 rings (SSSR count). The summed E-state index contributed by atoms with van der Waals surface area (Å²) in [6, 6.07) is 12.6. The predicted octanol–water partition coefficient (Wildman–Crippen LogP) is 4.76. The van der Waals surface area contributed by atoms with E-state index in [1.54, 1.807) is 35.7 Å². The van der Waals surface area contributed by atoms with Gasteiger partial charge in [-0.05, 0) is 73.6 Å². The smallest absolute Gasteiger partial charge is 0.253 e. The van der Waals surface area contributed by atoms with Gasteiger partial charge in [0.2, 0.25) is 10.0 Å². The molecule has 3 aromatic rings. The number of benzene rings is 2. The lowest BCUT2D eigenvalue weighted by Crippen LogP contribution is -2.38. The van der Waals surface area contributed by atoms with Crippen molar-refractivity contribution in [2.75, 3.05) is 33.3 Å². The van der Waals surface area contributed by atoms with Crippen LogP contribution in [0.3, 0.4) is 0 Å². The Bertz CT molecular complexity index is 1300. The second-order valence-corrected chi connectivity index (χ2v) is 11.5.